The van der Waals surface area contributed by atoms with E-state index in [1.807, 2.05) is 0 Å². The summed E-state index contributed by atoms with van der Waals surface area (Å²) in [5, 5.41) is 9.98. The summed E-state index contributed by atoms with van der Waals surface area (Å²) in [6.07, 6.45) is 0. The van der Waals surface area contributed by atoms with Crippen LogP contribution in [0.2, 0.25) is 0 Å². The molecule has 0 radical (unpaired) electrons. The van der Waals surface area contributed by atoms with Crippen LogP contribution in [0.15, 0.2) is 33.5 Å². The van der Waals surface area contributed by atoms with Crippen molar-refractivity contribution in [3.8, 4) is 5.75 Å². The molecule has 1 aromatic heterocycles. The summed E-state index contributed by atoms with van der Waals surface area (Å²) >= 11 is 0. The second-order valence-electron chi connectivity index (χ2n) is 5.61. The lowest BCUT2D eigenvalue weighted by Crippen LogP contribution is -2.23. The largest absolute Gasteiger partial charge is 0.508 e. The van der Waals surface area contributed by atoms with Gasteiger partial charge < -0.3 is 14.3 Å². The first-order chi connectivity index (χ1) is 9.27. The molecule has 1 N–H and O–H groups in total. The number of rotatable bonds is 2. The van der Waals surface area contributed by atoms with E-state index in [1.54, 1.807) is 32.9 Å². The molecule has 1 aromatic carbocycles. The summed E-state index contributed by atoms with van der Waals surface area (Å²) in [6, 6.07) is 6.08. The lowest BCUT2D eigenvalue weighted by molar-refractivity contribution is -0.154. The van der Waals surface area contributed by atoms with Crippen molar-refractivity contribution in [3.05, 3.63) is 40.2 Å². The zero-order chi connectivity index (χ0) is 14.9. The van der Waals surface area contributed by atoms with Crippen molar-refractivity contribution >= 4 is 16.9 Å². The van der Waals surface area contributed by atoms with Crippen LogP contribution in [0.4, 0.5) is 0 Å². The van der Waals surface area contributed by atoms with Gasteiger partial charge in [-0.15, -0.1) is 0 Å². The minimum absolute atomic E-state index is 0.0209. The molecule has 0 unspecified atom stereocenters. The van der Waals surface area contributed by atoms with Crippen molar-refractivity contribution in [1.29, 1.82) is 0 Å². The molecule has 0 atom stereocenters. The van der Waals surface area contributed by atoms with Gasteiger partial charge in [0.05, 0.1) is 11.0 Å². The third-order valence-electron chi connectivity index (χ3n) is 2.76. The highest BCUT2D eigenvalue weighted by Crippen LogP contribution is 2.20. The van der Waals surface area contributed by atoms with Gasteiger partial charge in [0.25, 0.3) is 0 Å². The van der Waals surface area contributed by atoms with Crippen LogP contribution in [0.5, 0.6) is 5.75 Å². The molecule has 5 nitrogen and oxygen atoms in total. The number of carbonyl (C=O) groups is 1. The molecule has 0 aliphatic heterocycles. The lowest BCUT2D eigenvalue weighted by atomic mass is 9.97. The van der Waals surface area contributed by atoms with Gasteiger partial charge in [-0.05, 0) is 39.0 Å². The van der Waals surface area contributed by atoms with Crippen molar-refractivity contribution in [2.45, 2.75) is 27.4 Å². The topological polar surface area (TPSA) is 76.7 Å². The van der Waals surface area contributed by atoms with Gasteiger partial charge in [-0.1, -0.05) is 0 Å². The number of aromatic hydroxyl groups is 1. The number of phenolic OH excluding ortho intramolecular Hbond substituents is 1. The standard InChI is InChI=1S/C15H16O5/c1-15(2,3)14(18)19-8-10-6-9-4-5-11(16)7-12(9)20-13(10)17/h4-7,16H,8H2,1-3H3. The van der Waals surface area contributed by atoms with E-state index in [9.17, 15) is 14.7 Å². The maximum absolute atomic E-state index is 11.8. The van der Waals surface area contributed by atoms with Crippen LogP contribution in [0.25, 0.3) is 11.0 Å². The molecule has 2 aromatic rings. The van der Waals surface area contributed by atoms with E-state index >= 15 is 0 Å². The third-order valence-corrected chi connectivity index (χ3v) is 2.76. The van der Waals surface area contributed by atoms with Gasteiger partial charge in [-0.2, -0.15) is 0 Å². The highest BCUT2D eigenvalue weighted by molar-refractivity contribution is 5.78. The van der Waals surface area contributed by atoms with Crippen molar-refractivity contribution in [2.24, 2.45) is 5.41 Å². The van der Waals surface area contributed by atoms with Crippen molar-refractivity contribution in [3.63, 3.8) is 0 Å². The Morgan fingerprint density at radius 1 is 1.30 bits per heavy atom. The summed E-state index contributed by atoms with van der Waals surface area (Å²) in [5.74, 6) is -0.365. The van der Waals surface area contributed by atoms with E-state index in [1.165, 1.54) is 12.1 Å². The van der Waals surface area contributed by atoms with Crippen LogP contribution >= 0.6 is 0 Å². The number of hydrogen-bond acceptors (Lipinski definition) is 5. The highest BCUT2D eigenvalue weighted by atomic mass is 16.5. The maximum atomic E-state index is 11.8. The molecule has 2 rings (SSSR count). The molecular formula is C15H16O5. The number of fused-ring (bicyclic) bond motifs is 1. The highest BCUT2D eigenvalue weighted by Gasteiger charge is 2.23. The SMILES string of the molecule is CC(C)(C)C(=O)OCc1cc2ccc(O)cc2oc1=O. The van der Waals surface area contributed by atoms with E-state index in [0.29, 0.717) is 11.0 Å². The number of benzene rings is 1. The second-order valence-corrected chi connectivity index (χ2v) is 5.61. The van der Waals surface area contributed by atoms with Crippen molar-refractivity contribution < 1.29 is 19.1 Å². The van der Waals surface area contributed by atoms with Gasteiger partial charge in [-0.3, -0.25) is 4.79 Å². The summed E-state index contributed by atoms with van der Waals surface area (Å²) in [7, 11) is 0. The van der Waals surface area contributed by atoms with Crippen LogP contribution in [-0.4, -0.2) is 11.1 Å². The van der Waals surface area contributed by atoms with Crippen LogP contribution < -0.4 is 5.63 Å². The van der Waals surface area contributed by atoms with Crippen LogP contribution in [-0.2, 0) is 16.1 Å². The van der Waals surface area contributed by atoms with E-state index in [4.69, 9.17) is 9.15 Å². The Balaban J connectivity index is 2.27. The molecule has 0 saturated heterocycles. The van der Waals surface area contributed by atoms with E-state index in [-0.39, 0.29) is 23.9 Å². The summed E-state index contributed by atoms with van der Waals surface area (Å²) in [4.78, 5) is 23.4. The predicted molar refractivity (Wildman–Crippen MR) is 73.4 cm³/mol. The second kappa shape index (κ2) is 5.00. The molecule has 0 fully saturated rings. The predicted octanol–water partition coefficient (Wildman–Crippen LogP) is 2.59. The van der Waals surface area contributed by atoms with E-state index in [0.717, 1.165) is 0 Å². The smallest absolute Gasteiger partial charge is 0.342 e. The first kappa shape index (κ1) is 14.1. The van der Waals surface area contributed by atoms with E-state index < -0.39 is 11.0 Å². The van der Waals surface area contributed by atoms with Gasteiger partial charge in [-0.25, -0.2) is 4.79 Å². The molecule has 0 aliphatic carbocycles. The Kier molecular flexibility index (Phi) is 3.53. The fraction of sp³-hybridized carbons (Fsp3) is 0.333. The maximum Gasteiger partial charge on any atom is 0.342 e. The first-order valence-corrected chi connectivity index (χ1v) is 6.20. The third kappa shape index (κ3) is 2.99. The Morgan fingerprint density at radius 3 is 2.65 bits per heavy atom. The van der Waals surface area contributed by atoms with Crippen LogP contribution in [0.1, 0.15) is 26.3 Å². The monoisotopic (exact) mass is 276 g/mol. The van der Waals surface area contributed by atoms with Gasteiger partial charge in [0.1, 0.15) is 17.9 Å². The number of carbonyl (C=O) groups excluding carboxylic acids is 1. The van der Waals surface area contributed by atoms with E-state index in [2.05, 4.69) is 0 Å². The molecule has 20 heavy (non-hydrogen) atoms. The molecule has 0 amide bonds. The molecule has 0 spiro atoms. The normalized spacial score (nSPS) is 11.6. The van der Waals surface area contributed by atoms with Crippen LogP contribution in [0.3, 0.4) is 0 Å². The molecule has 5 heteroatoms. The zero-order valence-electron chi connectivity index (χ0n) is 11.6. The van der Waals surface area contributed by atoms with Gasteiger partial charge in [0.15, 0.2) is 0 Å². The average molecular weight is 276 g/mol. The summed E-state index contributed by atoms with van der Waals surface area (Å²) in [6.45, 7) is 5.08. The number of ether oxygens (including phenoxy) is 1. The quantitative estimate of drug-likeness (QED) is 0.674. The average Bonchev–Trinajstić information content (AvgIpc) is 2.34. The number of phenols is 1. The number of hydrogen-bond donors (Lipinski definition) is 1. The first-order valence-electron chi connectivity index (χ1n) is 6.20. The molecule has 106 valence electrons. The van der Waals surface area contributed by atoms with Crippen LogP contribution in [0, 0.1) is 5.41 Å². The number of esters is 1. The minimum Gasteiger partial charge on any atom is -0.508 e. The molecule has 0 bridgehead atoms. The minimum atomic E-state index is -0.622. The Bertz CT molecular complexity index is 706. The molecule has 0 saturated carbocycles. The molecule has 0 aliphatic rings. The Labute approximate surface area is 115 Å². The fourth-order valence-electron chi connectivity index (χ4n) is 1.60. The van der Waals surface area contributed by atoms with Gasteiger partial charge in [0.2, 0.25) is 0 Å². The lowest BCUT2D eigenvalue weighted by Gasteiger charge is -2.16. The summed E-state index contributed by atoms with van der Waals surface area (Å²) in [5.41, 5.74) is -0.644. The van der Waals surface area contributed by atoms with Crippen molar-refractivity contribution in [2.75, 3.05) is 0 Å². The van der Waals surface area contributed by atoms with Gasteiger partial charge in [0, 0.05) is 11.5 Å². The molecule has 1 heterocycles. The Hall–Kier alpha value is -2.30. The Morgan fingerprint density at radius 2 is 2.00 bits per heavy atom. The molecular weight excluding hydrogens is 260 g/mol. The van der Waals surface area contributed by atoms with Gasteiger partial charge >= 0.3 is 11.6 Å². The zero-order valence-corrected chi connectivity index (χ0v) is 11.6. The van der Waals surface area contributed by atoms with Crippen molar-refractivity contribution in [1.82, 2.24) is 0 Å². The summed E-state index contributed by atoms with van der Waals surface area (Å²) < 4.78 is 10.2. The fourth-order valence-corrected chi connectivity index (χ4v) is 1.60.